The fourth-order valence-electron chi connectivity index (χ4n) is 4.75. The minimum absolute atomic E-state index is 0.0277. The molecule has 4 aromatic rings. The standard InChI is InChI=1S/C33H27FI2N2O5S/c1-4-14-42-24-12-10-20(11-13-24)29-28(32(40)41-5-2)19(3)37-33-38(29)31(39)27(44-33)16-22-15-23(35)17-26(36)30(22)43-18-21-8-6-7-9-25(21)34/h4,6-13,15-17,29H,1,5,14,18H2,2-3H3/b27-16-/t29-/m0/s1. The van der Waals surface area contributed by atoms with Crippen LogP contribution in [0.4, 0.5) is 4.39 Å². The molecular formula is C33H27FI2N2O5S. The lowest BCUT2D eigenvalue weighted by Gasteiger charge is -2.24. The Morgan fingerprint density at radius 3 is 2.59 bits per heavy atom. The summed E-state index contributed by atoms with van der Waals surface area (Å²) in [6, 6.07) is 16.8. The zero-order chi connectivity index (χ0) is 31.4. The minimum Gasteiger partial charge on any atom is -0.490 e. The summed E-state index contributed by atoms with van der Waals surface area (Å²) in [6.45, 7) is 7.72. The smallest absolute Gasteiger partial charge is 0.338 e. The molecule has 1 aliphatic heterocycles. The summed E-state index contributed by atoms with van der Waals surface area (Å²) in [5, 5.41) is 0. The third kappa shape index (κ3) is 6.84. The van der Waals surface area contributed by atoms with Crippen LogP contribution >= 0.6 is 56.5 Å². The molecule has 5 rings (SSSR count). The number of benzene rings is 3. The maximum Gasteiger partial charge on any atom is 0.338 e. The summed E-state index contributed by atoms with van der Waals surface area (Å²) in [5.41, 5.74) is 2.27. The van der Waals surface area contributed by atoms with Crippen molar-refractivity contribution >= 4 is 68.6 Å². The lowest BCUT2D eigenvalue weighted by Crippen LogP contribution is -2.39. The van der Waals surface area contributed by atoms with Crippen molar-refractivity contribution in [2.45, 2.75) is 26.5 Å². The van der Waals surface area contributed by atoms with Gasteiger partial charge in [0.2, 0.25) is 0 Å². The van der Waals surface area contributed by atoms with Crippen molar-refractivity contribution in [1.82, 2.24) is 4.57 Å². The molecule has 0 fully saturated rings. The molecule has 0 radical (unpaired) electrons. The first kappa shape index (κ1) is 32.1. The number of nitrogens with zero attached hydrogens (tertiary/aromatic N) is 2. The van der Waals surface area contributed by atoms with E-state index in [-0.39, 0.29) is 24.6 Å². The van der Waals surface area contributed by atoms with E-state index in [1.54, 1.807) is 56.3 Å². The maximum atomic E-state index is 14.3. The summed E-state index contributed by atoms with van der Waals surface area (Å²) in [6.07, 6.45) is 3.42. The Kier molecular flexibility index (Phi) is 10.4. The van der Waals surface area contributed by atoms with Crippen molar-refractivity contribution in [2.24, 2.45) is 4.99 Å². The van der Waals surface area contributed by atoms with Crippen LogP contribution < -0.4 is 24.4 Å². The second kappa shape index (κ2) is 14.2. The van der Waals surface area contributed by atoms with Crippen LogP contribution in [-0.4, -0.2) is 23.8 Å². The molecule has 0 N–H and O–H groups in total. The lowest BCUT2D eigenvalue weighted by molar-refractivity contribution is -0.139. The van der Waals surface area contributed by atoms with E-state index in [1.165, 1.54) is 22.0 Å². The Hall–Kier alpha value is -3.30. The van der Waals surface area contributed by atoms with Crippen LogP contribution in [0.2, 0.25) is 0 Å². The third-order valence-corrected chi connectivity index (χ3v) is 9.14. The molecule has 0 aliphatic carbocycles. The largest absolute Gasteiger partial charge is 0.490 e. The molecule has 0 amide bonds. The van der Waals surface area contributed by atoms with Crippen LogP contribution in [0.5, 0.6) is 11.5 Å². The molecule has 0 unspecified atom stereocenters. The van der Waals surface area contributed by atoms with E-state index >= 15 is 0 Å². The van der Waals surface area contributed by atoms with Crippen molar-refractivity contribution in [2.75, 3.05) is 13.2 Å². The van der Waals surface area contributed by atoms with Crippen LogP contribution in [-0.2, 0) is 16.1 Å². The van der Waals surface area contributed by atoms with Gasteiger partial charge in [0, 0.05) is 14.7 Å². The van der Waals surface area contributed by atoms with Gasteiger partial charge in [0.05, 0.1) is 32.0 Å². The van der Waals surface area contributed by atoms with Crippen LogP contribution in [0.15, 0.2) is 94.4 Å². The molecule has 226 valence electrons. The van der Waals surface area contributed by atoms with Crippen LogP contribution in [0, 0.1) is 13.0 Å². The molecule has 7 nitrogen and oxygen atoms in total. The van der Waals surface area contributed by atoms with Crippen LogP contribution in [0.3, 0.4) is 0 Å². The molecular weight excluding hydrogens is 809 g/mol. The first-order valence-corrected chi connectivity index (χ1v) is 16.6. The number of carbonyl (C=O) groups is 1. The van der Waals surface area contributed by atoms with Gasteiger partial charge in [-0.15, -0.1) is 0 Å². The average molecular weight is 836 g/mol. The first-order chi connectivity index (χ1) is 21.2. The Balaban J connectivity index is 1.63. The third-order valence-electron chi connectivity index (χ3n) is 6.73. The average Bonchev–Trinajstić information content (AvgIpc) is 3.29. The van der Waals surface area contributed by atoms with Crippen LogP contribution in [0.25, 0.3) is 6.08 Å². The SMILES string of the molecule is C=CCOc1ccc([C@H]2C(C(=O)OCC)=C(C)N=c3s/c(=C\c4cc(I)cc(I)c4OCc4ccccc4F)c(=O)n32)cc1. The molecule has 0 spiro atoms. The van der Waals surface area contributed by atoms with Gasteiger partial charge in [-0.2, -0.15) is 0 Å². The summed E-state index contributed by atoms with van der Waals surface area (Å²) in [7, 11) is 0. The van der Waals surface area contributed by atoms with Crippen molar-refractivity contribution in [3.8, 4) is 11.5 Å². The number of ether oxygens (including phenoxy) is 3. The van der Waals surface area contributed by atoms with Gasteiger partial charge in [0.25, 0.3) is 5.56 Å². The topological polar surface area (TPSA) is 79.1 Å². The Morgan fingerprint density at radius 1 is 1.14 bits per heavy atom. The number of thiazole rings is 1. The van der Waals surface area contributed by atoms with E-state index in [4.69, 9.17) is 14.2 Å². The minimum atomic E-state index is -0.756. The molecule has 2 heterocycles. The second-order valence-corrected chi connectivity index (χ2v) is 13.1. The van der Waals surface area contributed by atoms with Gasteiger partial charge >= 0.3 is 5.97 Å². The van der Waals surface area contributed by atoms with Crippen molar-refractivity contribution < 1.29 is 23.4 Å². The number of aromatic nitrogens is 1. The van der Waals surface area contributed by atoms with Gasteiger partial charge < -0.3 is 14.2 Å². The lowest BCUT2D eigenvalue weighted by atomic mass is 9.96. The molecule has 3 aromatic carbocycles. The maximum absolute atomic E-state index is 14.3. The number of halogens is 3. The number of allylic oxidation sites excluding steroid dienone is 1. The van der Waals surface area contributed by atoms with E-state index in [0.717, 1.165) is 7.14 Å². The monoisotopic (exact) mass is 836 g/mol. The molecule has 1 aromatic heterocycles. The predicted octanol–water partition coefficient (Wildman–Crippen LogP) is 6.29. The van der Waals surface area contributed by atoms with Crippen LogP contribution in [0.1, 0.15) is 36.6 Å². The summed E-state index contributed by atoms with van der Waals surface area (Å²) in [4.78, 5) is 32.5. The fraction of sp³-hybridized carbons (Fsp3) is 0.182. The number of rotatable bonds is 10. The highest BCUT2D eigenvalue weighted by Gasteiger charge is 2.33. The highest BCUT2D eigenvalue weighted by molar-refractivity contribution is 14.1. The summed E-state index contributed by atoms with van der Waals surface area (Å²) < 4.78 is 35.2. The van der Waals surface area contributed by atoms with E-state index in [1.807, 2.05) is 24.3 Å². The second-order valence-electron chi connectivity index (χ2n) is 9.66. The molecule has 44 heavy (non-hydrogen) atoms. The number of esters is 1. The Labute approximate surface area is 284 Å². The zero-order valence-electron chi connectivity index (χ0n) is 23.8. The zero-order valence-corrected chi connectivity index (χ0v) is 28.9. The van der Waals surface area contributed by atoms with Gasteiger partial charge in [-0.3, -0.25) is 9.36 Å². The predicted molar refractivity (Wildman–Crippen MR) is 185 cm³/mol. The number of fused-ring (bicyclic) bond motifs is 1. The van der Waals surface area contributed by atoms with E-state index in [9.17, 15) is 14.0 Å². The highest BCUT2D eigenvalue weighted by Crippen LogP contribution is 2.33. The van der Waals surface area contributed by atoms with E-state index in [2.05, 4.69) is 56.8 Å². The van der Waals surface area contributed by atoms with Crippen molar-refractivity contribution in [3.63, 3.8) is 0 Å². The highest BCUT2D eigenvalue weighted by atomic mass is 127. The quantitative estimate of drug-likeness (QED) is 0.107. The Morgan fingerprint density at radius 2 is 1.89 bits per heavy atom. The van der Waals surface area contributed by atoms with E-state index < -0.39 is 12.0 Å². The normalized spacial score (nSPS) is 14.6. The van der Waals surface area contributed by atoms with Gasteiger partial charge in [-0.05, 0) is 101 Å². The van der Waals surface area contributed by atoms with E-state index in [0.29, 0.717) is 55.4 Å². The van der Waals surface area contributed by atoms with Crippen molar-refractivity contribution in [3.05, 3.63) is 134 Å². The number of carbonyl (C=O) groups excluding carboxylic acids is 1. The van der Waals surface area contributed by atoms with Crippen molar-refractivity contribution in [1.29, 1.82) is 0 Å². The molecule has 0 saturated carbocycles. The molecule has 0 saturated heterocycles. The molecule has 0 bridgehead atoms. The summed E-state index contributed by atoms with van der Waals surface area (Å²) in [5.74, 6) is 0.290. The fourth-order valence-corrected chi connectivity index (χ4v) is 7.84. The molecule has 1 atom stereocenters. The number of hydrogen-bond acceptors (Lipinski definition) is 7. The molecule has 1 aliphatic rings. The van der Waals surface area contributed by atoms with Gasteiger partial charge in [0.1, 0.15) is 30.5 Å². The Bertz CT molecular complexity index is 1950. The van der Waals surface area contributed by atoms with Gasteiger partial charge in [-0.25, -0.2) is 14.2 Å². The molecule has 11 heteroatoms. The first-order valence-electron chi connectivity index (χ1n) is 13.6. The van der Waals surface area contributed by atoms with Gasteiger partial charge in [0.15, 0.2) is 4.80 Å². The van der Waals surface area contributed by atoms with Gasteiger partial charge in [-0.1, -0.05) is 54.3 Å². The summed E-state index contributed by atoms with van der Waals surface area (Å²) >= 11 is 5.61. The number of hydrogen-bond donors (Lipinski definition) is 0.